The quantitative estimate of drug-likeness (QED) is 0.935. The third kappa shape index (κ3) is 3.37. The minimum absolute atomic E-state index is 0.0384. The van der Waals surface area contributed by atoms with E-state index in [1.165, 1.54) is 18.4 Å². The second-order valence-corrected chi connectivity index (χ2v) is 4.12. The van der Waals surface area contributed by atoms with E-state index < -0.39 is 17.7 Å². The third-order valence-corrected chi connectivity index (χ3v) is 2.58. The van der Waals surface area contributed by atoms with Crippen LogP contribution in [0.3, 0.4) is 0 Å². The van der Waals surface area contributed by atoms with Crippen molar-refractivity contribution >= 4 is 5.97 Å². The van der Waals surface area contributed by atoms with Gasteiger partial charge in [-0.25, -0.2) is 4.98 Å². The molecule has 0 saturated heterocycles. The van der Waals surface area contributed by atoms with E-state index in [4.69, 9.17) is 9.52 Å². The summed E-state index contributed by atoms with van der Waals surface area (Å²) in [5, 5.41) is 8.54. The molecule has 20 heavy (non-hydrogen) atoms. The van der Waals surface area contributed by atoms with Gasteiger partial charge in [0.2, 0.25) is 5.89 Å². The average Bonchev–Trinajstić information content (AvgIpc) is 2.84. The van der Waals surface area contributed by atoms with E-state index in [2.05, 4.69) is 4.98 Å². The molecular weight excluding hydrogens is 275 g/mol. The van der Waals surface area contributed by atoms with E-state index in [-0.39, 0.29) is 24.3 Å². The summed E-state index contributed by atoms with van der Waals surface area (Å²) in [6, 6.07) is 4.60. The molecule has 0 amide bonds. The highest BCUT2D eigenvalue weighted by atomic mass is 19.4. The SMILES string of the molecule is O=C(O)CCc1coc(-c2cccc(C(F)(F)F)c2)n1. The number of carboxylic acids is 1. The summed E-state index contributed by atoms with van der Waals surface area (Å²) >= 11 is 0. The lowest BCUT2D eigenvalue weighted by molar-refractivity contribution is -0.138. The topological polar surface area (TPSA) is 63.3 Å². The molecule has 0 bridgehead atoms. The molecule has 0 radical (unpaired) electrons. The number of hydrogen-bond acceptors (Lipinski definition) is 3. The summed E-state index contributed by atoms with van der Waals surface area (Å²) in [5.74, 6) is -0.940. The minimum atomic E-state index is -4.44. The Kier molecular flexibility index (Phi) is 3.78. The number of hydrogen-bond donors (Lipinski definition) is 1. The van der Waals surface area contributed by atoms with Crippen LogP contribution in [0, 0.1) is 0 Å². The van der Waals surface area contributed by atoms with Crippen molar-refractivity contribution in [1.29, 1.82) is 0 Å². The molecule has 0 unspecified atom stereocenters. The molecule has 0 aliphatic rings. The van der Waals surface area contributed by atoms with Gasteiger partial charge in [-0.2, -0.15) is 13.2 Å². The van der Waals surface area contributed by atoms with E-state index >= 15 is 0 Å². The zero-order valence-electron chi connectivity index (χ0n) is 10.1. The molecule has 0 spiro atoms. The molecular formula is C13H10F3NO3. The lowest BCUT2D eigenvalue weighted by atomic mass is 10.1. The number of nitrogens with zero attached hydrogens (tertiary/aromatic N) is 1. The molecule has 0 saturated carbocycles. The molecule has 1 heterocycles. The monoisotopic (exact) mass is 285 g/mol. The number of benzene rings is 1. The number of halogens is 3. The summed E-state index contributed by atoms with van der Waals surface area (Å²) in [5.41, 5.74) is -0.207. The van der Waals surface area contributed by atoms with E-state index in [9.17, 15) is 18.0 Å². The van der Waals surface area contributed by atoms with Crippen molar-refractivity contribution in [3.05, 3.63) is 41.8 Å². The van der Waals surface area contributed by atoms with Crippen molar-refractivity contribution in [3.8, 4) is 11.5 Å². The first-order valence-electron chi connectivity index (χ1n) is 5.70. The van der Waals surface area contributed by atoms with Crippen molar-refractivity contribution < 1.29 is 27.5 Å². The van der Waals surface area contributed by atoms with Gasteiger partial charge >= 0.3 is 12.1 Å². The second-order valence-electron chi connectivity index (χ2n) is 4.12. The summed E-state index contributed by atoms with van der Waals surface area (Å²) in [6.07, 6.45) is -3.14. The summed E-state index contributed by atoms with van der Waals surface area (Å²) in [4.78, 5) is 14.4. The van der Waals surface area contributed by atoms with Gasteiger partial charge in [-0.05, 0) is 18.2 Å². The lowest BCUT2D eigenvalue weighted by Gasteiger charge is -2.06. The normalized spacial score (nSPS) is 11.6. The van der Waals surface area contributed by atoms with Crippen molar-refractivity contribution in [2.24, 2.45) is 0 Å². The molecule has 0 fully saturated rings. The fraction of sp³-hybridized carbons (Fsp3) is 0.231. The summed E-state index contributed by atoms with van der Waals surface area (Å²) in [6.45, 7) is 0. The van der Waals surface area contributed by atoms with Crippen molar-refractivity contribution in [2.45, 2.75) is 19.0 Å². The Bertz CT molecular complexity index is 619. The maximum atomic E-state index is 12.6. The summed E-state index contributed by atoms with van der Waals surface area (Å²) in [7, 11) is 0. The van der Waals surface area contributed by atoms with Crippen LogP contribution in [0.1, 0.15) is 17.7 Å². The van der Waals surface area contributed by atoms with Gasteiger partial charge in [-0.1, -0.05) is 6.07 Å². The van der Waals surface area contributed by atoms with Crippen LogP contribution in [-0.4, -0.2) is 16.1 Å². The highest BCUT2D eigenvalue weighted by Crippen LogP contribution is 2.31. The summed E-state index contributed by atoms with van der Waals surface area (Å²) < 4.78 is 42.8. The van der Waals surface area contributed by atoms with Gasteiger partial charge in [0, 0.05) is 12.0 Å². The first kappa shape index (κ1) is 14.1. The van der Waals surface area contributed by atoms with Gasteiger partial charge in [-0.15, -0.1) is 0 Å². The first-order chi connectivity index (χ1) is 9.36. The number of rotatable bonds is 4. The highest BCUT2D eigenvalue weighted by Gasteiger charge is 2.30. The number of oxazole rings is 1. The molecule has 0 aliphatic carbocycles. The number of carboxylic acid groups (broad SMARTS) is 1. The van der Waals surface area contributed by atoms with Crippen LogP contribution >= 0.6 is 0 Å². The highest BCUT2D eigenvalue weighted by molar-refractivity contribution is 5.67. The van der Waals surface area contributed by atoms with Gasteiger partial charge in [0.05, 0.1) is 17.7 Å². The van der Waals surface area contributed by atoms with Crippen LogP contribution in [0.2, 0.25) is 0 Å². The van der Waals surface area contributed by atoms with Crippen LogP contribution in [0.25, 0.3) is 11.5 Å². The Morgan fingerprint density at radius 1 is 1.35 bits per heavy atom. The Labute approximate surface area is 111 Å². The maximum Gasteiger partial charge on any atom is 0.416 e. The molecule has 2 rings (SSSR count). The van der Waals surface area contributed by atoms with Crippen molar-refractivity contribution in [1.82, 2.24) is 4.98 Å². The average molecular weight is 285 g/mol. The van der Waals surface area contributed by atoms with Crippen LogP contribution in [-0.2, 0) is 17.4 Å². The van der Waals surface area contributed by atoms with Gasteiger partial charge in [0.1, 0.15) is 6.26 Å². The van der Waals surface area contributed by atoms with Gasteiger partial charge in [0.15, 0.2) is 0 Å². The zero-order valence-corrected chi connectivity index (χ0v) is 10.1. The zero-order chi connectivity index (χ0) is 14.8. The van der Waals surface area contributed by atoms with Gasteiger partial charge in [0.25, 0.3) is 0 Å². The molecule has 0 atom stereocenters. The molecule has 4 nitrogen and oxygen atoms in total. The number of alkyl halides is 3. The third-order valence-electron chi connectivity index (χ3n) is 2.58. The Morgan fingerprint density at radius 3 is 2.75 bits per heavy atom. The van der Waals surface area contributed by atoms with Crippen LogP contribution in [0.4, 0.5) is 13.2 Å². The molecule has 2 aromatic rings. The van der Waals surface area contributed by atoms with E-state index in [0.717, 1.165) is 12.1 Å². The maximum absolute atomic E-state index is 12.6. The fourth-order valence-electron chi connectivity index (χ4n) is 1.62. The standard InChI is InChI=1S/C13H10F3NO3/c14-13(15,16)9-3-1-2-8(6-9)12-17-10(7-20-12)4-5-11(18)19/h1-3,6-7H,4-5H2,(H,18,19). The Morgan fingerprint density at radius 2 is 2.10 bits per heavy atom. The largest absolute Gasteiger partial charge is 0.481 e. The molecule has 106 valence electrons. The fourth-order valence-corrected chi connectivity index (χ4v) is 1.62. The number of carbonyl (C=O) groups is 1. The molecule has 7 heteroatoms. The van der Waals surface area contributed by atoms with Crippen LogP contribution in [0.5, 0.6) is 0 Å². The smallest absolute Gasteiger partial charge is 0.416 e. The van der Waals surface area contributed by atoms with Crippen LogP contribution in [0.15, 0.2) is 34.9 Å². The predicted octanol–water partition coefficient (Wildman–Crippen LogP) is 3.38. The molecule has 0 aliphatic heterocycles. The first-order valence-corrected chi connectivity index (χ1v) is 5.70. The van der Waals surface area contributed by atoms with E-state index in [1.54, 1.807) is 0 Å². The molecule has 1 aromatic heterocycles. The number of aromatic nitrogens is 1. The van der Waals surface area contributed by atoms with Gasteiger partial charge in [-0.3, -0.25) is 4.79 Å². The van der Waals surface area contributed by atoms with Crippen molar-refractivity contribution in [2.75, 3.05) is 0 Å². The number of aliphatic carboxylic acids is 1. The molecule has 1 N–H and O–H groups in total. The lowest BCUT2D eigenvalue weighted by Crippen LogP contribution is -2.04. The Balaban J connectivity index is 2.22. The van der Waals surface area contributed by atoms with E-state index in [0.29, 0.717) is 5.69 Å². The van der Waals surface area contributed by atoms with Gasteiger partial charge < -0.3 is 9.52 Å². The second kappa shape index (κ2) is 5.36. The van der Waals surface area contributed by atoms with Crippen molar-refractivity contribution in [3.63, 3.8) is 0 Å². The Hall–Kier alpha value is -2.31. The number of aryl methyl sites for hydroxylation is 1. The molecule has 1 aromatic carbocycles. The van der Waals surface area contributed by atoms with E-state index in [1.807, 2.05) is 0 Å². The van der Waals surface area contributed by atoms with Crippen LogP contribution < -0.4 is 0 Å². The minimum Gasteiger partial charge on any atom is -0.481 e. The predicted molar refractivity (Wildman–Crippen MR) is 62.9 cm³/mol.